The highest BCUT2D eigenvalue weighted by Crippen LogP contribution is 2.35. The Morgan fingerprint density at radius 2 is 2.38 bits per heavy atom. The first kappa shape index (κ1) is 8.75. The first-order valence-corrected chi connectivity index (χ1v) is 5.01. The lowest BCUT2D eigenvalue weighted by atomic mass is 9.97. The van der Waals surface area contributed by atoms with E-state index in [-0.39, 0.29) is 0 Å². The molecular weight excluding hydrogens is 162 g/mol. The summed E-state index contributed by atoms with van der Waals surface area (Å²) in [4.78, 5) is 0. The Labute approximate surface area is 78.7 Å². The molecule has 3 nitrogen and oxygen atoms in total. The number of aromatic nitrogens is 2. The third-order valence-electron chi connectivity index (χ3n) is 2.89. The summed E-state index contributed by atoms with van der Waals surface area (Å²) in [5.41, 5.74) is 9.69. The Bertz CT molecular complexity index is 301. The van der Waals surface area contributed by atoms with E-state index in [9.17, 15) is 0 Å². The summed E-state index contributed by atoms with van der Waals surface area (Å²) >= 11 is 0. The standard InChI is InChI=1S/C10H17N3/c1-6(2)10-9-7(5-11)3-4-8(9)12-13-10/h6-7H,3-5,11H2,1-2H3,(H,12,13). The van der Waals surface area contributed by atoms with Gasteiger partial charge in [0.15, 0.2) is 0 Å². The summed E-state index contributed by atoms with van der Waals surface area (Å²) in [6, 6.07) is 0. The summed E-state index contributed by atoms with van der Waals surface area (Å²) in [5, 5.41) is 7.48. The van der Waals surface area contributed by atoms with Gasteiger partial charge in [-0.25, -0.2) is 0 Å². The van der Waals surface area contributed by atoms with Crippen LogP contribution in [0.4, 0.5) is 0 Å². The Kier molecular flexibility index (Phi) is 2.12. The van der Waals surface area contributed by atoms with Crippen LogP contribution in [-0.4, -0.2) is 16.7 Å². The van der Waals surface area contributed by atoms with Crippen molar-refractivity contribution in [1.82, 2.24) is 10.2 Å². The van der Waals surface area contributed by atoms with Crippen LogP contribution in [0.1, 0.15) is 49.1 Å². The third-order valence-corrected chi connectivity index (χ3v) is 2.89. The fourth-order valence-corrected chi connectivity index (χ4v) is 2.19. The number of fused-ring (bicyclic) bond motifs is 1. The fourth-order valence-electron chi connectivity index (χ4n) is 2.19. The second-order valence-electron chi connectivity index (χ2n) is 4.13. The minimum absolute atomic E-state index is 0.507. The van der Waals surface area contributed by atoms with E-state index in [1.807, 2.05) is 0 Å². The number of nitrogens with one attached hydrogen (secondary N) is 1. The van der Waals surface area contributed by atoms with Gasteiger partial charge in [0, 0.05) is 17.2 Å². The summed E-state index contributed by atoms with van der Waals surface area (Å²) in [5.74, 6) is 1.05. The maximum atomic E-state index is 5.74. The van der Waals surface area contributed by atoms with Crippen molar-refractivity contribution in [2.75, 3.05) is 6.54 Å². The van der Waals surface area contributed by atoms with Gasteiger partial charge < -0.3 is 5.73 Å². The molecule has 3 N–H and O–H groups in total. The van der Waals surface area contributed by atoms with E-state index in [1.54, 1.807) is 0 Å². The van der Waals surface area contributed by atoms with Gasteiger partial charge in [0.1, 0.15) is 0 Å². The fraction of sp³-hybridized carbons (Fsp3) is 0.700. The predicted octanol–water partition coefficient (Wildman–Crippen LogP) is 1.52. The first-order valence-electron chi connectivity index (χ1n) is 5.01. The number of nitrogens with zero attached hydrogens (tertiary/aromatic N) is 1. The molecule has 0 spiro atoms. The van der Waals surface area contributed by atoms with Crippen molar-refractivity contribution < 1.29 is 0 Å². The summed E-state index contributed by atoms with van der Waals surface area (Å²) in [6.07, 6.45) is 2.32. The monoisotopic (exact) mass is 179 g/mol. The Morgan fingerprint density at radius 1 is 1.62 bits per heavy atom. The Hall–Kier alpha value is -0.830. The van der Waals surface area contributed by atoms with E-state index in [1.165, 1.54) is 23.4 Å². The molecule has 13 heavy (non-hydrogen) atoms. The zero-order valence-corrected chi connectivity index (χ0v) is 8.30. The molecule has 3 heteroatoms. The van der Waals surface area contributed by atoms with E-state index in [2.05, 4.69) is 24.0 Å². The van der Waals surface area contributed by atoms with Crippen molar-refractivity contribution in [3.63, 3.8) is 0 Å². The molecule has 1 heterocycles. The van der Waals surface area contributed by atoms with Crippen molar-refractivity contribution in [2.45, 2.75) is 38.5 Å². The summed E-state index contributed by atoms with van der Waals surface area (Å²) < 4.78 is 0. The van der Waals surface area contributed by atoms with Crippen LogP contribution in [0.25, 0.3) is 0 Å². The molecule has 0 amide bonds. The first-order chi connectivity index (χ1) is 6.24. The quantitative estimate of drug-likeness (QED) is 0.723. The van der Waals surface area contributed by atoms with E-state index in [0.717, 1.165) is 13.0 Å². The second-order valence-corrected chi connectivity index (χ2v) is 4.13. The van der Waals surface area contributed by atoms with Crippen LogP contribution in [0.5, 0.6) is 0 Å². The van der Waals surface area contributed by atoms with E-state index in [0.29, 0.717) is 11.8 Å². The molecule has 0 radical (unpaired) electrons. The molecule has 0 saturated carbocycles. The highest BCUT2D eigenvalue weighted by Gasteiger charge is 2.27. The van der Waals surface area contributed by atoms with Crippen LogP contribution in [-0.2, 0) is 6.42 Å². The molecule has 0 aromatic carbocycles. The second kappa shape index (κ2) is 3.14. The molecule has 1 aromatic heterocycles. The molecule has 1 aliphatic carbocycles. The zero-order valence-electron chi connectivity index (χ0n) is 8.30. The van der Waals surface area contributed by atoms with Gasteiger partial charge in [-0.2, -0.15) is 5.10 Å². The Balaban J connectivity index is 2.40. The SMILES string of the molecule is CC(C)c1n[nH]c2c1C(CN)CC2. The van der Waals surface area contributed by atoms with Crippen LogP contribution < -0.4 is 5.73 Å². The lowest BCUT2D eigenvalue weighted by Crippen LogP contribution is -2.11. The molecule has 1 aliphatic rings. The Morgan fingerprint density at radius 3 is 3.00 bits per heavy atom. The number of nitrogens with two attached hydrogens (primary N) is 1. The smallest absolute Gasteiger partial charge is 0.0685 e. The van der Waals surface area contributed by atoms with Crippen LogP contribution in [0.2, 0.25) is 0 Å². The molecule has 0 fully saturated rings. The highest BCUT2D eigenvalue weighted by molar-refractivity contribution is 5.35. The largest absolute Gasteiger partial charge is 0.330 e. The number of aromatic amines is 1. The predicted molar refractivity (Wildman–Crippen MR) is 52.8 cm³/mol. The van der Waals surface area contributed by atoms with Gasteiger partial charge in [-0.1, -0.05) is 13.8 Å². The average Bonchev–Trinajstić information content (AvgIpc) is 2.61. The number of rotatable bonds is 2. The number of hydrogen-bond acceptors (Lipinski definition) is 2. The van der Waals surface area contributed by atoms with Crippen molar-refractivity contribution in [1.29, 1.82) is 0 Å². The average molecular weight is 179 g/mol. The maximum Gasteiger partial charge on any atom is 0.0685 e. The molecule has 1 aromatic rings. The minimum Gasteiger partial charge on any atom is -0.330 e. The third kappa shape index (κ3) is 1.27. The number of aryl methyl sites for hydroxylation is 1. The number of hydrogen-bond donors (Lipinski definition) is 2. The lowest BCUT2D eigenvalue weighted by molar-refractivity contribution is 0.660. The molecule has 0 aliphatic heterocycles. The van der Waals surface area contributed by atoms with Crippen molar-refractivity contribution >= 4 is 0 Å². The zero-order chi connectivity index (χ0) is 9.42. The topological polar surface area (TPSA) is 54.7 Å². The summed E-state index contributed by atoms with van der Waals surface area (Å²) in [6.45, 7) is 5.12. The van der Waals surface area contributed by atoms with Gasteiger partial charge in [-0.05, 0) is 25.3 Å². The maximum absolute atomic E-state index is 5.74. The normalized spacial score (nSPS) is 21.1. The van der Waals surface area contributed by atoms with Gasteiger partial charge in [0.25, 0.3) is 0 Å². The molecule has 0 saturated heterocycles. The van der Waals surface area contributed by atoms with Crippen LogP contribution >= 0.6 is 0 Å². The highest BCUT2D eigenvalue weighted by atomic mass is 15.1. The van der Waals surface area contributed by atoms with Crippen molar-refractivity contribution in [3.05, 3.63) is 17.0 Å². The van der Waals surface area contributed by atoms with Gasteiger partial charge in [-0.3, -0.25) is 5.10 Å². The molecule has 2 rings (SSSR count). The minimum atomic E-state index is 0.507. The van der Waals surface area contributed by atoms with Crippen LogP contribution in [0, 0.1) is 0 Å². The van der Waals surface area contributed by atoms with E-state index >= 15 is 0 Å². The van der Waals surface area contributed by atoms with Crippen molar-refractivity contribution in [2.24, 2.45) is 5.73 Å². The van der Waals surface area contributed by atoms with Gasteiger partial charge in [-0.15, -0.1) is 0 Å². The van der Waals surface area contributed by atoms with Gasteiger partial charge in [0.05, 0.1) is 5.69 Å². The van der Waals surface area contributed by atoms with E-state index < -0.39 is 0 Å². The molecular formula is C10H17N3. The summed E-state index contributed by atoms with van der Waals surface area (Å²) in [7, 11) is 0. The van der Waals surface area contributed by atoms with Crippen LogP contribution in [0.3, 0.4) is 0 Å². The van der Waals surface area contributed by atoms with Gasteiger partial charge >= 0.3 is 0 Å². The molecule has 72 valence electrons. The van der Waals surface area contributed by atoms with E-state index in [4.69, 9.17) is 5.73 Å². The van der Waals surface area contributed by atoms with Gasteiger partial charge in [0.2, 0.25) is 0 Å². The lowest BCUT2D eigenvalue weighted by Gasteiger charge is -2.10. The van der Waals surface area contributed by atoms with Crippen LogP contribution in [0.15, 0.2) is 0 Å². The molecule has 1 atom stereocenters. The molecule has 1 unspecified atom stereocenters. The molecule has 0 bridgehead atoms. The van der Waals surface area contributed by atoms with Crippen molar-refractivity contribution in [3.8, 4) is 0 Å². The number of H-pyrrole nitrogens is 1.